The minimum Gasteiger partial charge on any atom is -0.338 e. The van der Waals surface area contributed by atoms with Crippen LogP contribution in [0.2, 0.25) is 0 Å². The topological polar surface area (TPSA) is 87.9 Å². The number of amides is 1. The molecule has 0 spiro atoms. The molecule has 1 atom stereocenters. The number of nitrogens with zero attached hydrogens (tertiary/aromatic N) is 5. The van der Waals surface area contributed by atoms with Gasteiger partial charge in [0, 0.05) is 43.9 Å². The predicted molar refractivity (Wildman–Crippen MR) is 122 cm³/mol. The van der Waals surface area contributed by atoms with E-state index in [0.29, 0.717) is 31.7 Å². The Kier molecular flexibility index (Phi) is 6.30. The second kappa shape index (κ2) is 8.99. The van der Waals surface area contributed by atoms with Crippen LogP contribution in [0.25, 0.3) is 5.65 Å². The predicted octanol–water partition coefficient (Wildman–Crippen LogP) is 3.09. The highest BCUT2D eigenvalue weighted by atomic mass is 32.2. The minimum absolute atomic E-state index is 0.0768. The summed E-state index contributed by atoms with van der Waals surface area (Å²) in [6.07, 6.45) is 3.72. The maximum atomic E-state index is 13.5. The maximum Gasteiger partial charge on any atom is 0.254 e. The Balaban J connectivity index is 1.61. The van der Waals surface area contributed by atoms with Crippen molar-refractivity contribution in [3.63, 3.8) is 0 Å². The number of piperidine rings is 1. The first-order valence-corrected chi connectivity index (χ1v) is 12.5. The molecule has 0 bridgehead atoms. The van der Waals surface area contributed by atoms with Gasteiger partial charge in [-0.2, -0.15) is 4.31 Å². The summed E-state index contributed by atoms with van der Waals surface area (Å²) in [6, 6.07) is 10.6. The van der Waals surface area contributed by atoms with Gasteiger partial charge in [0.05, 0.1) is 4.90 Å². The number of fused-ring (bicyclic) bond motifs is 1. The molecule has 8 nitrogen and oxygen atoms in total. The molecular formula is C23H29N5O3S. The molecule has 3 aromatic rings. The summed E-state index contributed by atoms with van der Waals surface area (Å²) in [6.45, 7) is 7.40. The van der Waals surface area contributed by atoms with Gasteiger partial charge in [-0.25, -0.2) is 8.42 Å². The molecule has 3 heterocycles. The molecule has 0 radical (unpaired) electrons. The maximum absolute atomic E-state index is 13.5. The summed E-state index contributed by atoms with van der Waals surface area (Å²) < 4.78 is 29.3. The Hall–Kier alpha value is -2.78. The van der Waals surface area contributed by atoms with Crippen molar-refractivity contribution < 1.29 is 13.2 Å². The molecule has 1 aliphatic heterocycles. The monoisotopic (exact) mass is 455 g/mol. The van der Waals surface area contributed by atoms with Crippen molar-refractivity contribution in [2.75, 3.05) is 26.2 Å². The van der Waals surface area contributed by atoms with E-state index in [-0.39, 0.29) is 16.7 Å². The lowest BCUT2D eigenvalue weighted by Crippen LogP contribution is -2.40. The SMILES string of the molecule is CCN(CC)S(=O)(=O)c1ccc(C)c(C(=O)N2CCCC(c3nnc4ccccn34)C2)c1. The number of carbonyl (C=O) groups is 1. The second-order valence-corrected chi connectivity index (χ2v) is 10.1. The van der Waals surface area contributed by atoms with Crippen molar-refractivity contribution in [3.8, 4) is 0 Å². The molecule has 1 aliphatic rings. The summed E-state index contributed by atoms with van der Waals surface area (Å²) in [7, 11) is -3.63. The van der Waals surface area contributed by atoms with E-state index in [4.69, 9.17) is 0 Å². The first-order chi connectivity index (χ1) is 15.4. The summed E-state index contributed by atoms with van der Waals surface area (Å²) >= 11 is 0. The quantitative estimate of drug-likeness (QED) is 0.570. The number of rotatable bonds is 6. The molecular weight excluding hydrogens is 426 g/mol. The van der Waals surface area contributed by atoms with E-state index in [1.807, 2.05) is 54.5 Å². The average Bonchev–Trinajstić information content (AvgIpc) is 3.24. The summed E-state index contributed by atoms with van der Waals surface area (Å²) in [4.78, 5) is 15.4. The van der Waals surface area contributed by atoms with E-state index in [2.05, 4.69) is 10.2 Å². The van der Waals surface area contributed by atoms with Crippen LogP contribution >= 0.6 is 0 Å². The number of aryl methyl sites for hydroxylation is 1. The van der Waals surface area contributed by atoms with Crippen LogP contribution in [0.15, 0.2) is 47.5 Å². The molecule has 1 unspecified atom stereocenters. The fourth-order valence-electron chi connectivity index (χ4n) is 4.39. The standard InChI is InChI=1S/C23H29N5O3S/c1-4-27(5-2)32(30,31)19-12-11-17(3)20(15-19)23(29)26-13-8-9-18(16-26)22-25-24-21-10-6-7-14-28(21)22/h6-7,10-12,14-15,18H,4-5,8-9,13,16H2,1-3H3. The van der Waals surface area contributed by atoms with Crippen molar-refractivity contribution >= 4 is 21.6 Å². The molecule has 0 saturated carbocycles. The number of aromatic nitrogens is 3. The highest BCUT2D eigenvalue weighted by molar-refractivity contribution is 7.89. The van der Waals surface area contributed by atoms with Gasteiger partial charge in [0.1, 0.15) is 5.82 Å². The molecule has 1 fully saturated rings. The Morgan fingerprint density at radius 1 is 1.16 bits per heavy atom. The number of hydrogen-bond donors (Lipinski definition) is 0. The van der Waals surface area contributed by atoms with Crippen LogP contribution in [0.1, 0.15) is 54.4 Å². The number of sulfonamides is 1. The zero-order valence-corrected chi connectivity index (χ0v) is 19.5. The van der Waals surface area contributed by atoms with E-state index >= 15 is 0 Å². The number of likely N-dealkylation sites (tertiary alicyclic amines) is 1. The molecule has 0 aliphatic carbocycles. The van der Waals surface area contributed by atoms with Gasteiger partial charge in [0.25, 0.3) is 5.91 Å². The van der Waals surface area contributed by atoms with Crippen LogP contribution in [0, 0.1) is 6.92 Å². The largest absolute Gasteiger partial charge is 0.338 e. The van der Waals surface area contributed by atoms with Gasteiger partial charge >= 0.3 is 0 Å². The molecule has 4 rings (SSSR count). The molecule has 9 heteroatoms. The number of hydrogen-bond acceptors (Lipinski definition) is 5. The summed E-state index contributed by atoms with van der Waals surface area (Å²) in [5, 5.41) is 8.62. The highest BCUT2D eigenvalue weighted by Crippen LogP contribution is 2.28. The summed E-state index contributed by atoms with van der Waals surface area (Å²) in [5.74, 6) is 0.790. The third-order valence-corrected chi connectivity index (χ3v) is 8.24. The Morgan fingerprint density at radius 2 is 1.94 bits per heavy atom. The van der Waals surface area contributed by atoms with Crippen molar-refractivity contribution in [1.82, 2.24) is 23.8 Å². The zero-order chi connectivity index (χ0) is 22.9. The Morgan fingerprint density at radius 3 is 2.69 bits per heavy atom. The van der Waals surface area contributed by atoms with E-state index in [0.717, 1.165) is 29.9 Å². The minimum atomic E-state index is -3.63. The van der Waals surface area contributed by atoms with E-state index in [1.54, 1.807) is 12.1 Å². The van der Waals surface area contributed by atoms with Crippen molar-refractivity contribution in [1.29, 1.82) is 0 Å². The second-order valence-electron chi connectivity index (χ2n) is 8.14. The van der Waals surface area contributed by atoms with Crippen molar-refractivity contribution in [3.05, 3.63) is 59.5 Å². The normalized spacial score (nSPS) is 17.2. The third kappa shape index (κ3) is 4.02. The lowest BCUT2D eigenvalue weighted by atomic mass is 9.96. The Labute approximate surface area is 188 Å². The van der Waals surface area contributed by atoms with E-state index < -0.39 is 10.0 Å². The fourth-order valence-corrected chi connectivity index (χ4v) is 5.87. The van der Waals surface area contributed by atoms with Crippen LogP contribution < -0.4 is 0 Å². The van der Waals surface area contributed by atoms with Gasteiger partial charge in [-0.05, 0) is 49.6 Å². The molecule has 2 aromatic heterocycles. The molecule has 1 saturated heterocycles. The number of carbonyl (C=O) groups excluding carboxylic acids is 1. The number of benzene rings is 1. The van der Waals surface area contributed by atoms with Crippen LogP contribution in [-0.2, 0) is 10.0 Å². The molecule has 32 heavy (non-hydrogen) atoms. The lowest BCUT2D eigenvalue weighted by molar-refractivity contribution is 0.0703. The Bertz CT molecular complexity index is 1230. The van der Waals surface area contributed by atoms with E-state index in [9.17, 15) is 13.2 Å². The van der Waals surface area contributed by atoms with Gasteiger partial charge in [-0.3, -0.25) is 9.20 Å². The molecule has 1 amide bonds. The van der Waals surface area contributed by atoms with Crippen molar-refractivity contribution in [2.24, 2.45) is 0 Å². The smallest absolute Gasteiger partial charge is 0.254 e. The molecule has 1 aromatic carbocycles. The lowest BCUT2D eigenvalue weighted by Gasteiger charge is -2.32. The van der Waals surface area contributed by atoms with Gasteiger partial charge in [-0.1, -0.05) is 26.0 Å². The first kappa shape index (κ1) is 22.4. The van der Waals surface area contributed by atoms with Gasteiger partial charge in [-0.15, -0.1) is 10.2 Å². The van der Waals surface area contributed by atoms with E-state index in [1.165, 1.54) is 10.4 Å². The zero-order valence-electron chi connectivity index (χ0n) is 18.7. The van der Waals surface area contributed by atoms with Crippen LogP contribution in [0.4, 0.5) is 0 Å². The van der Waals surface area contributed by atoms with Gasteiger partial charge in [0.2, 0.25) is 10.0 Å². The first-order valence-electron chi connectivity index (χ1n) is 11.1. The molecule has 0 N–H and O–H groups in total. The average molecular weight is 456 g/mol. The van der Waals surface area contributed by atoms with Crippen LogP contribution in [0.5, 0.6) is 0 Å². The fraction of sp³-hybridized carbons (Fsp3) is 0.435. The summed E-state index contributed by atoms with van der Waals surface area (Å²) in [5.41, 5.74) is 1.99. The van der Waals surface area contributed by atoms with Crippen LogP contribution in [0.3, 0.4) is 0 Å². The highest BCUT2D eigenvalue weighted by Gasteiger charge is 2.30. The third-order valence-electron chi connectivity index (χ3n) is 6.20. The number of pyridine rings is 1. The van der Waals surface area contributed by atoms with Crippen molar-refractivity contribution in [2.45, 2.75) is 44.4 Å². The molecule has 170 valence electrons. The van der Waals surface area contributed by atoms with Gasteiger partial charge in [0.15, 0.2) is 5.65 Å². The van der Waals surface area contributed by atoms with Gasteiger partial charge < -0.3 is 4.90 Å². The van der Waals surface area contributed by atoms with Crippen LogP contribution in [-0.4, -0.2) is 64.3 Å².